The highest BCUT2D eigenvalue weighted by Crippen LogP contribution is 2.36. The molecule has 1 aliphatic carbocycles. The maximum Gasteiger partial charge on any atom is 0.231 e. The lowest BCUT2D eigenvalue weighted by Crippen LogP contribution is -2.04. The van der Waals surface area contributed by atoms with Crippen molar-refractivity contribution < 1.29 is 4.74 Å². The van der Waals surface area contributed by atoms with Crippen LogP contribution in [0.15, 0.2) is 23.5 Å². The fourth-order valence-electron chi connectivity index (χ4n) is 2.91. The van der Waals surface area contributed by atoms with Crippen molar-refractivity contribution in [1.29, 1.82) is 0 Å². The van der Waals surface area contributed by atoms with Crippen molar-refractivity contribution in [2.45, 2.75) is 26.3 Å². The highest BCUT2D eigenvalue weighted by Gasteiger charge is 2.26. The van der Waals surface area contributed by atoms with E-state index in [2.05, 4.69) is 37.3 Å². The van der Waals surface area contributed by atoms with Crippen molar-refractivity contribution in [2.75, 3.05) is 19.0 Å². The number of aromatic amines is 1. The molecule has 0 spiro atoms. The Bertz CT molecular complexity index is 960. The van der Waals surface area contributed by atoms with Crippen LogP contribution >= 0.6 is 11.6 Å². The first-order chi connectivity index (χ1) is 13.1. The third-order valence-corrected chi connectivity index (χ3v) is 4.96. The summed E-state index contributed by atoms with van der Waals surface area (Å²) in [4.78, 5) is 16.8. The molecule has 1 unspecified atom stereocenters. The van der Waals surface area contributed by atoms with Gasteiger partial charge in [0.05, 0.1) is 30.4 Å². The number of nitrogens with one attached hydrogen (secondary N) is 2. The maximum atomic E-state index is 6.23. The number of aliphatic imine (C=N–C) groups is 1. The Morgan fingerprint density at radius 1 is 1.48 bits per heavy atom. The molecule has 0 aliphatic heterocycles. The van der Waals surface area contributed by atoms with Gasteiger partial charge in [0, 0.05) is 19.5 Å². The highest BCUT2D eigenvalue weighted by atomic mass is 35.5. The molecule has 142 valence electrons. The zero-order valence-corrected chi connectivity index (χ0v) is 16.1. The van der Waals surface area contributed by atoms with Gasteiger partial charge in [-0.05, 0) is 30.7 Å². The fourth-order valence-corrected chi connectivity index (χ4v) is 3.11. The zero-order chi connectivity index (χ0) is 18.8. The molecule has 3 aromatic heterocycles. The monoisotopic (exact) mass is 387 g/mol. The number of ether oxygens (including phenoxy) is 1. The molecule has 8 nitrogen and oxygen atoms in total. The number of rotatable bonds is 8. The Hall–Kier alpha value is -2.45. The van der Waals surface area contributed by atoms with E-state index in [0.717, 1.165) is 17.0 Å². The molecular weight excluding hydrogens is 366 g/mol. The summed E-state index contributed by atoms with van der Waals surface area (Å²) in [6.07, 6.45) is 8.21. The van der Waals surface area contributed by atoms with Gasteiger partial charge in [-0.25, -0.2) is 4.99 Å². The number of hydrogen-bond donors (Lipinski definition) is 2. The van der Waals surface area contributed by atoms with Crippen LogP contribution in [0.5, 0.6) is 0 Å². The summed E-state index contributed by atoms with van der Waals surface area (Å²) in [6, 6.07) is 1.93. The lowest BCUT2D eigenvalue weighted by Gasteiger charge is -2.05. The lowest BCUT2D eigenvalue weighted by molar-refractivity contribution is 0.183. The Labute approximate surface area is 162 Å². The van der Waals surface area contributed by atoms with E-state index in [0.29, 0.717) is 41.7 Å². The van der Waals surface area contributed by atoms with Gasteiger partial charge in [0.2, 0.25) is 5.95 Å². The van der Waals surface area contributed by atoms with Gasteiger partial charge in [-0.3, -0.25) is 4.68 Å². The number of halogens is 1. The maximum absolute atomic E-state index is 6.23. The molecular formula is C18H22ClN7O. The van der Waals surface area contributed by atoms with Crippen LogP contribution in [-0.4, -0.2) is 44.7 Å². The summed E-state index contributed by atoms with van der Waals surface area (Å²) in [5, 5.41) is 8.64. The van der Waals surface area contributed by atoms with Crippen molar-refractivity contribution in [2.24, 2.45) is 16.8 Å². The second-order valence-corrected chi connectivity index (χ2v) is 7.16. The minimum Gasteiger partial charge on any atom is -0.383 e. The van der Waals surface area contributed by atoms with Crippen LogP contribution in [0.4, 0.5) is 17.5 Å². The number of methoxy groups -OCH3 is 1. The molecule has 1 saturated carbocycles. The molecule has 1 atom stereocenters. The molecule has 4 rings (SSSR count). The van der Waals surface area contributed by atoms with E-state index in [-0.39, 0.29) is 0 Å². The smallest absolute Gasteiger partial charge is 0.231 e. The van der Waals surface area contributed by atoms with Gasteiger partial charge >= 0.3 is 0 Å². The molecule has 0 saturated heterocycles. The number of fused-ring (bicyclic) bond motifs is 1. The topological polar surface area (TPSA) is 93.0 Å². The van der Waals surface area contributed by atoms with Crippen LogP contribution in [0.2, 0.25) is 5.15 Å². The normalized spacial score (nSPS) is 15.7. The SMILES string of the molecule is COCCn1cc(Nc2nc(/N=C\C(C)C3CC3)c3cc[nH]c3n2)c(Cl)n1. The Kier molecular flexibility index (Phi) is 5.09. The van der Waals surface area contributed by atoms with Crippen LogP contribution in [0.3, 0.4) is 0 Å². The molecule has 27 heavy (non-hydrogen) atoms. The van der Waals surface area contributed by atoms with Gasteiger partial charge in [0.15, 0.2) is 11.0 Å². The number of anilines is 2. The van der Waals surface area contributed by atoms with Gasteiger partial charge in [0.1, 0.15) is 5.65 Å². The average Bonchev–Trinajstić information content (AvgIpc) is 3.31. The van der Waals surface area contributed by atoms with Crippen molar-refractivity contribution in [3.63, 3.8) is 0 Å². The van der Waals surface area contributed by atoms with Crippen molar-refractivity contribution in [3.8, 4) is 0 Å². The molecule has 2 N–H and O–H groups in total. The largest absolute Gasteiger partial charge is 0.383 e. The first-order valence-corrected chi connectivity index (χ1v) is 9.40. The van der Waals surface area contributed by atoms with Gasteiger partial charge in [-0.2, -0.15) is 15.1 Å². The molecule has 3 heterocycles. The zero-order valence-electron chi connectivity index (χ0n) is 15.3. The number of H-pyrrole nitrogens is 1. The summed E-state index contributed by atoms with van der Waals surface area (Å²) in [5.41, 5.74) is 1.36. The van der Waals surface area contributed by atoms with Crippen LogP contribution in [0.25, 0.3) is 11.0 Å². The quantitative estimate of drug-likeness (QED) is 0.571. The predicted molar refractivity (Wildman–Crippen MR) is 106 cm³/mol. The van der Waals surface area contributed by atoms with E-state index in [4.69, 9.17) is 16.3 Å². The average molecular weight is 388 g/mol. The number of aromatic nitrogens is 5. The van der Waals surface area contributed by atoms with E-state index >= 15 is 0 Å². The fraction of sp³-hybridized carbons (Fsp3) is 0.444. The highest BCUT2D eigenvalue weighted by molar-refractivity contribution is 6.32. The molecule has 3 aromatic rings. The Morgan fingerprint density at radius 2 is 2.33 bits per heavy atom. The molecule has 0 radical (unpaired) electrons. The third kappa shape index (κ3) is 4.12. The van der Waals surface area contributed by atoms with Gasteiger partial charge in [-0.1, -0.05) is 18.5 Å². The van der Waals surface area contributed by atoms with Crippen molar-refractivity contribution in [1.82, 2.24) is 24.7 Å². The molecule has 1 fully saturated rings. The summed E-state index contributed by atoms with van der Waals surface area (Å²) >= 11 is 6.23. The van der Waals surface area contributed by atoms with Crippen molar-refractivity contribution >= 4 is 46.3 Å². The van der Waals surface area contributed by atoms with E-state index in [1.807, 2.05) is 24.7 Å². The third-order valence-electron chi connectivity index (χ3n) is 4.68. The Morgan fingerprint density at radius 3 is 3.11 bits per heavy atom. The second kappa shape index (κ2) is 7.66. The van der Waals surface area contributed by atoms with Crippen LogP contribution in [-0.2, 0) is 11.3 Å². The molecule has 0 bridgehead atoms. The molecule has 0 aromatic carbocycles. The van der Waals surface area contributed by atoms with E-state index < -0.39 is 0 Å². The minimum absolute atomic E-state index is 0.355. The predicted octanol–water partition coefficient (Wildman–Crippen LogP) is 3.95. The summed E-state index contributed by atoms with van der Waals surface area (Å²) in [6.45, 7) is 3.37. The lowest BCUT2D eigenvalue weighted by atomic mass is 10.1. The van der Waals surface area contributed by atoms with Gasteiger partial charge in [0.25, 0.3) is 0 Å². The minimum atomic E-state index is 0.355. The molecule has 9 heteroatoms. The summed E-state index contributed by atoms with van der Waals surface area (Å²) < 4.78 is 6.79. The number of hydrogen-bond acceptors (Lipinski definition) is 6. The second-order valence-electron chi connectivity index (χ2n) is 6.80. The first-order valence-electron chi connectivity index (χ1n) is 9.02. The van der Waals surface area contributed by atoms with Crippen LogP contribution in [0.1, 0.15) is 19.8 Å². The first kappa shape index (κ1) is 17.9. The molecule has 1 aliphatic rings. The van der Waals surface area contributed by atoms with Crippen LogP contribution in [0, 0.1) is 11.8 Å². The summed E-state index contributed by atoms with van der Waals surface area (Å²) in [5.74, 6) is 2.27. The standard InChI is InChI=1S/C18H22ClN7O/c1-11(12-3-4-12)9-21-17-13-5-6-20-16(13)23-18(24-17)22-14-10-26(7-8-27-2)25-15(14)19/h5-6,9-12H,3-4,7-8H2,1-2H3,(H2,20,22,23,24)/b21-9-. The summed E-state index contributed by atoms with van der Waals surface area (Å²) in [7, 11) is 1.65. The van der Waals surface area contributed by atoms with Gasteiger partial charge < -0.3 is 15.0 Å². The van der Waals surface area contributed by atoms with E-state index in [9.17, 15) is 0 Å². The molecule has 0 amide bonds. The van der Waals surface area contributed by atoms with E-state index in [1.165, 1.54) is 12.8 Å². The van der Waals surface area contributed by atoms with Crippen LogP contribution < -0.4 is 5.32 Å². The Balaban J connectivity index is 1.59. The van der Waals surface area contributed by atoms with Crippen molar-refractivity contribution in [3.05, 3.63) is 23.6 Å². The van der Waals surface area contributed by atoms with Gasteiger partial charge in [-0.15, -0.1) is 0 Å². The number of nitrogens with zero attached hydrogens (tertiary/aromatic N) is 5. The van der Waals surface area contributed by atoms with E-state index in [1.54, 1.807) is 11.8 Å².